The van der Waals surface area contributed by atoms with Gasteiger partial charge in [-0.2, -0.15) is 0 Å². The summed E-state index contributed by atoms with van der Waals surface area (Å²) in [7, 11) is -3.28. The van der Waals surface area contributed by atoms with Gasteiger partial charge in [0, 0.05) is 29.2 Å². The fourth-order valence-corrected chi connectivity index (χ4v) is 6.10. The van der Waals surface area contributed by atoms with Crippen LogP contribution in [0.5, 0.6) is 5.75 Å². The Kier molecular flexibility index (Phi) is 11.3. The van der Waals surface area contributed by atoms with E-state index in [0.29, 0.717) is 6.42 Å². The summed E-state index contributed by atoms with van der Waals surface area (Å²) < 4.78 is 34.6. The van der Waals surface area contributed by atoms with Crippen LogP contribution in [0.3, 0.4) is 0 Å². The molecule has 236 valence electrons. The molecule has 0 aromatic heterocycles. The molecule has 44 heavy (non-hydrogen) atoms. The molecule has 0 radical (unpaired) electrons. The highest BCUT2D eigenvalue weighted by Crippen LogP contribution is 2.36. The van der Waals surface area contributed by atoms with E-state index in [-0.39, 0.29) is 34.6 Å². The second-order valence-electron chi connectivity index (χ2n) is 10.5. The topological polar surface area (TPSA) is 139 Å². The maximum atomic E-state index is 14.2. The molecule has 0 heterocycles. The molecule has 2 atom stereocenters. The first-order valence-corrected chi connectivity index (χ1v) is 15.8. The molecule has 0 spiro atoms. The molecule has 2 unspecified atom stereocenters. The van der Waals surface area contributed by atoms with Crippen LogP contribution >= 0.6 is 11.6 Å². The lowest BCUT2D eigenvalue weighted by molar-refractivity contribution is -0.385. The predicted molar refractivity (Wildman–Crippen MR) is 169 cm³/mol. The molecule has 13 heteroatoms. The van der Waals surface area contributed by atoms with E-state index >= 15 is 0 Å². The lowest BCUT2D eigenvalue weighted by atomic mass is 10.1. The number of aryl methyl sites for hydroxylation is 2. The van der Waals surface area contributed by atoms with E-state index in [0.717, 1.165) is 21.5 Å². The molecular formula is C31H37ClN4O7S. The number of nitrogens with zero attached hydrogens (tertiary/aromatic N) is 3. The average Bonchev–Trinajstić information content (AvgIpc) is 2.97. The number of amides is 2. The van der Waals surface area contributed by atoms with Crippen LogP contribution in [0.25, 0.3) is 0 Å². The van der Waals surface area contributed by atoms with E-state index < -0.39 is 49.9 Å². The van der Waals surface area contributed by atoms with Crippen molar-refractivity contribution in [2.75, 3.05) is 18.0 Å². The van der Waals surface area contributed by atoms with Gasteiger partial charge >= 0.3 is 0 Å². The van der Waals surface area contributed by atoms with E-state index in [1.807, 2.05) is 45.0 Å². The lowest BCUT2D eigenvalue weighted by Gasteiger charge is -2.33. The van der Waals surface area contributed by atoms with Crippen LogP contribution < -0.4 is 14.4 Å². The minimum Gasteiger partial charge on any atom is -0.495 e. The van der Waals surface area contributed by atoms with Crippen LogP contribution in [0.2, 0.25) is 5.02 Å². The zero-order valence-corrected chi connectivity index (χ0v) is 27.1. The first-order valence-electron chi connectivity index (χ1n) is 14.0. The van der Waals surface area contributed by atoms with Crippen LogP contribution in [0.4, 0.5) is 11.4 Å². The number of hydrogen-bond acceptors (Lipinski definition) is 7. The molecule has 0 bridgehead atoms. The molecular weight excluding hydrogens is 608 g/mol. The van der Waals surface area contributed by atoms with Crippen molar-refractivity contribution in [1.82, 2.24) is 10.2 Å². The quantitative estimate of drug-likeness (QED) is 0.194. The fraction of sp³-hybridized carbons (Fsp3) is 0.355. The van der Waals surface area contributed by atoms with Crippen LogP contribution in [-0.2, 0) is 26.2 Å². The largest absolute Gasteiger partial charge is 0.495 e. The molecule has 0 aliphatic carbocycles. The Balaban J connectivity index is 2.16. The fourth-order valence-electron chi connectivity index (χ4n) is 4.50. The number of methoxy groups -OCH3 is 1. The number of ether oxygens (including phenoxy) is 1. The van der Waals surface area contributed by atoms with Gasteiger partial charge in [0.1, 0.15) is 18.3 Å². The second kappa shape index (κ2) is 14.5. The highest BCUT2D eigenvalue weighted by molar-refractivity contribution is 7.92. The highest BCUT2D eigenvalue weighted by atomic mass is 35.5. The molecule has 0 aliphatic heterocycles. The van der Waals surface area contributed by atoms with Gasteiger partial charge in [-0.05, 0) is 63.9 Å². The third-order valence-corrected chi connectivity index (χ3v) is 9.25. The third kappa shape index (κ3) is 8.06. The number of nitro benzene ring substituents is 1. The summed E-state index contributed by atoms with van der Waals surface area (Å²) in [4.78, 5) is 39.3. The number of hydrogen-bond donors (Lipinski definition) is 1. The van der Waals surface area contributed by atoms with Crippen LogP contribution in [0, 0.1) is 24.0 Å². The number of nitro groups is 1. The number of carbonyl (C=O) groups is 2. The Bertz CT molecular complexity index is 1650. The minimum absolute atomic E-state index is 0.0200. The molecule has 0 fully saturated rings. The van der Waals surface area contributed by atoms with Gasteiger partial charge in [0.25, 0.3) is 15.7 Å². The van der Waals surface area contributed by atoms with E-state index in [9.17, 15) is 28.1 Å². The van der Waals surface area contributed by atoms with Crippen molar-refractivity contribution in [3.8, 4) is 5.75 Å². The molecule has 0 aliphatic rings. The summed E-state index contributed by atoms with van der Waals surface area (Å²) in [6, 6.07) is 14.1. The Hall–Kier alpha value is -4.16. The van der Waals surface area contributed by atoms with Gasteiger partial charge in [-0.1, -0.05) is 54.4 Å². The summed E-state index contributed by atoms with van der Waals surface area (Å²) in [5, 5.41) is 14.7. The summed E-state index contributed by atoms with van der Waals surface area (Å²) in [5.41, 5.74) is 1.50. The van der Waals surface area contributed by atoms with Gasteiger partial charge in [-0.25, -0.2) is 8.42 Å². The highest BCUT2D eigenvalue weighted by Gasteiger charge is 2.35. The van der Waals surface area contributed by atoms with E-state index in [1.165, 1.54) is 49.3 Å². The Morgan fingerprint density at radius 3 is 2.39 bits per heavy atom. The Morgan fingerprint density at radius 2 is 1.77 bits per heavy atom. The first-order chi connectivity index (χ1) is 20.7. The molecule has 3 aromatic carbocycles. The molecule has 0 saturated carbocycles. The minimum atomic E-state index is -4.61. The van der Waals surface area contributed by atoms with Crippen molar-refractivity contribution in [1.29, 1.82) is 0 Å². The average molecular weight is 645 g/mol. The Labute approximate surface area is 263 Å². The number of sulfonamides is 1. The Morgan fingerprint density at radius 1 is 1.07 bits per heavy atom. The van der Waals surface area contributed by atoms with Crippen LogP contribution in [0.1, 0.15) is 43.9 Å². The van der Waals surface area contributed by atoms with Crippen molar-refractivity contribution >= 4 is 44.8 Å². The SMILES string of the molecule is CCC(C)NC(=O)C(C)N(Cc1cccc(C)c1)C(=O)CN(c1cc(Cl)ccc1OC)S(=O)(=O)c1ccc(C)c([N+](=O)[O-])c1. The molecule has 1 N–H and O–H groups in total. The third-order valence-electron chi connectivity index (χ3n) is 7.26. The number of benzene rings is 3. The standard InChI is InChI=1S/C31H37ClN4O7S/c1-7-22(4)33-31(38)23(5)34(18-24-10-8-9-20(2)15-24)30(37)19-35(28-16-25(32)12-14-29(28)43-6)44(41,42)26-13-11-21(3)27(17-26)36(39)40/h8-17,22-23H,7,18-19H2,1-6H3,(H,33,38). The van der Waals surface area contributed by atoms with E-state index in [4.69, 9.17) is 16.3 Å². The van der Waals surface area contributed by atoms with Crippen LogP contribution in [0.15, 0.2) is 65.6 Å². The van der Waals surface area contributed by atoms with Crippen LogP contribution in [-0.4, -0.2) is 55.8 Å². The number of anilines is 1. The van der Waals surface area contributed by atoms with Crippen molar-refractivity contribution < 1.29 is 27.7 Å². The van der Waals surface area contributed by atoms with Crippen molar-refractivity contribution in [3.05, 3.63) is 92.5 Å². The molecule has 3 rings (SSSR count). The van der Waals surface area contributed by atoms with Gasteiger partial charge in [0.15, 0.2) is 0 Å². The van der Waals surface area contributed by atoms with E-state index in [1.54, 1.807) is 6.92 Å². The predicted octanol–water partition coefficient (Wildman–Crippen LogP) is 5.40. The number of carbonyl (C=O) groups excluding carboxylic acids is 2. The van der Waals surface area contributed by atoms with E-state index in [2.05, 4.69) is 5.32 Å². The summed E-state index contributed by atoms with van der Waals surface area (Å²) >= 11 is 6.26. The zero-order valence-electron chi connectivity index (χ0n) is 25.5. The lowest BCUT2D eigenvalue weighted by Crippen LogP contribution is -2.52. The smallest absolute Gasteiger partial charge is 0.273 e. The monoisotopic (exact) mass is 644 g/mol. The van der Waals surface area contributed by atoms with Gasteiger partial charge in [0.05, 0.1) is 22.6 Å². The van der Waals surface area contributed by atoms with Gasteiger partial charge in [-0.3, -0.25) is 24.0 Å². The number of halogens is 1. The summed E-state index contributed by atoms with van der Waals surface area (Å²) in [6.07, 6.45) is 0.674. The molecule has 11 nitrogen and oxygen atoms in total. The van der Waals surface area contributed by atoms with Gasteiger partial charge in [-0.15, -0.1) is 0 Å². The maximum absolute atomic E-state index is 14.2. The molecule has 0 saturated heterocycles. The maximum Gasteiger partial charge on any atom is 0.273 e. The first kappa shape index (κ1) is 34.3. The zero-order chi connectivity index (χ0) is 32.8. The number of nitrogens with one attached hydrogen (secondary N) is 1. The molecule has 3 aromatic rings. The number of rotatable bonds is 13. The van der Waals surface area contributed by atoms with Crippen molar-refractivity contribution in [2.24, 2.45) is 0 Å². The summed E-state index contributed by atoms with van der Waals surface area (Å²) in [6.45, 7) is 7.99. The van der Waals surface area contributed by atoms with Gasteiger partial charge in [0.2, 0.25) is 11.8 Å². The van der Waals surface area contributed by atoms with Crippen molar-refractivity contribution in [3.63, 3.8) is 0 Å². The summed E-state index contributed by atoms with van der Waals surface area (Å²) in [5.74, 6) is -0.991. The van der Waals surface area contributed by atoms with Crippen molar-refractivity contribution in [2.45, 2.75) is 64.6 Å². The normalized spacial score (nSPS) is 12.6. The van der Waals surface area contributed by atoms with Gasteiger partial charge < -0.3 is 15.0 Å². The second-order valence-corrected chi connectivity index (χ2v) is 12.8. The molecule has 2 amide bonds.